The predicted molar refractivity (Wildman–Crippen MR) is 52.2 cm³/mol. The molecule has 1 saturated carbocycles. The summed E-state index contributed by atoms with van der Waals surface area (Å²) < 4.78 is 10.5. The Hall–Kier alpha value is 0.608. The van der Waals surface area contributed by atoms with Crippen molar-refractivity contribution in [3.63, 3.8) is 0 Å². The third-order valence-electron chi connectivity index (χ3n) is 2.05. The van der Waals surface area contributed by atoms with Crippen LogP contribution in [-0.2, 0) is 25.8 Å². The predicted octanol–water partition coefficient (Wildman–Crippen LogP) is 2.81. The van der Waals surface area contributed by atoms with Gasteiger partial charge in [0.1, 0.15) is 0 Å². The van der Waals surface area contributed by atoms with E-state index in [1.54, 1.807) is 14.0 Å². The van der Waals surface area contributed by atoms with E-state index in [0.29, 0.717) is 5.41 Å². The van der Waals surface area contributed by atoms with Gasteiger partial charge in [-0.05, 0) is 18.3 Å². The Morgan fingerprint density at radius 2 is 2.00 bits per heavy atom. The van der Waals surface area contributed by atoms with Crippen LogP contribution in [0.4, 0.5) is 0 Å². The number of rotatable bonds is 2. The van der Waals surface area contributed by atoms with E-state index in [1.807, 2.05) is 0 Å². The second kappa shape index (κ2) is 10.7. The summed E-state index contributed by atoms with van der Waals surface area (Å²) in [6.07, 6.45) is 4.13. The molecule has 0 aromatic rings. The van der Waals surface area contributed by atoms with E-state index in [1.165, 1.54) is 19.3 Å². The molecule has 1 fully saturated rings. The summed E-state index contributed by atoms with van der Waals surface area (Å²) in [5, 5.41) is 7.44. The van der Waals surface area contributed by atoms with Gasteiger partial charge in [-0.2, -0.15) is 6.92 Å². The van der Waals surface area contributed by atoms with Gasteiger partial charge in [0, 0.05) is 7.11 Å². The van der Waals surface area contributed by atoms with Gasteiger partial charge >= 0.3 is 21.1 Å². The number of aliphatic hydroxyl groups is 1. The number of hydrogen-bond acceptors (Lipinski definition) is 2. The van der Waals surface area contributed by atoms with Crippen molar-refractivity contribution < 1.29 is 32.3 Å². The quantitative estimate of drug-likeness (QED) is 0.769. The maximum absolute atomic E-state index is 7.44. The minimum Gasteiger partial charge on any atom is -0.566 e. The van der Waals surface area contributed by atoms with Gasteiger partial charge in [-0.15, -0.1) is 0 Å². The standard InChI is InChI=1S/C7H14O.C2H5O.CH3.W/c1-7(6-8-2)4-3-5-7;1-2-3;;/h3-6H2,1-2H3;2-3H,1H3;1H3;/q;2*-1;+2/i;;1D;. The second-order valence-electron chi connectivity index (χ2n) is 3.36. The van der Waals surface area contributed by atoms with Gasteiger partial charge in [0.15, 0.2) is 0 Å². The van der Waals surface area contributed by atoms with Crippen molar-refractivity contribution >= 4 is 0 Å². The first kappa shape index (κ1) is 16.1. The third-order valence-corrected chi connectivity index (χ3v) is 2.05. The summed E-state index contributed by atoms with van der Waals surface area (Å²) in [6, 6.07) is 0. The molecule has 2 nitrogen and oxygen atoms in total. The molecule has 0 bridgehead atoms. The van der Waals surface area contributed by atoms with Crippen LogP contribution in [0.5, 0.6) is 0 Å². The SMILES string of the molecule is COCC1(C)CCC1.C[CH-]O.[2H][CH2-].[W+2]. The smallest absolute Gasteiger partial charge is 0.566 e. The van der Waals surface area contributed by atoms with Crippen molar-refractivity contribution in [3.8, 4) is 0 Å². The maximum atomic E-state index is 7.44. The number of ether oxygens (including phenoxy) is 1. The van der Waals surface area contributed by atoms with Crippen LogP contribution in [0.1, 0.15) is 34.5 Å². The Labute approximate surface area is 98.7 Å². The van der Waals surface area contributed by atoms with Crippen LogP contribution in [0.2, 0.25) is 0 Å². The maximum Gasteiger partial charge on any atom is 2.00 e. The zero-order valence-corrected chi connectivity index (χ0v) is 11.8. The molecule has 0 saturated heterocycles. The summed E-state index contributed by atoms with van der Waals surface area (Å²) >= 11 is 0. The first-order valence-electron chi connectivity index (χ1n) is 4.80. The second-order valence-corrected chi connectivity index (χ2v) is 3.36. The molecule has 13 heavy (non-hydrogen) atoms. The van der Waals surface area contributed by atoms with Crippen LogP contribution in [0, 0.1) is 19.4 Å². The molecule has 1 aliphatic carbocycles. The van der Waals surface area contributed by atoms with Crippen LogP contribution in [0.25, 0.3) is 0 Å². The summed E-state index contributed by atoms with van der Waals surface area (Å²) in [6.45, 7) is 5.80. The monoisotopic (exact) mass is 359 g/mol. The molecular formula is C10H22O2W. The van der Waals surface area contributed by atoms with Crippen LogP contribution in [0.15, 0.2) is 0 Å². The molecule has 0 aromatic carbocycles. The Bertz CT molecular complexity index is 98.1. The Kier molecular flexibility index (Phi) is 13.2. The largest absolute Gasteiger partial charge is 2.00 e. The fourth-order valence-electron chi connectivity index (χ4n) is 1.27. The first-order valence-corrected chi connectivity index (χ1v) is 4.09. The molecule has 0 aliphatic heterocycles. The van der Waals surface area contributed by atoms with Crippen LogP contribution >= 0.6 is 0 Å². The Morgan fingerprint density at radius 3 is 2.08 bits per heavy atom. The molecular weight excluding hydrogens is 336 g/mol. The zero-order chi connectivity index (χ0) is 10.7. The topological polar surface area (TPSA) is 29.5 Å². The fourth-order valence-corrected chi connectivity index (χ4v) is 1.27. The summed E-state index contributed by atoms with van der Waals surface area (Å²) in [4.78, 5) is 0. The van der Waals surface area contributed by atoms with E-state index < -0.39 is 0 Å². The normalized spacial score (nSPS) is 17.2. The van der Waals surface area contributed by atoms with Crippen molar-refractivity contribution in [1.29, 1.82) is 0 Å². The average Bonchev–Trinajstić information content (AvgIpc) is 2.07. The summed E-state index contributed by atoms with van der Waals surface area (Å²) in [7, 11) is 4.28. The van der Waals surface area contributed by atoms with Gasteiger partial charge in [0.25, 0.3) is 0 Å². The third kappa shape index (κ3) is 8.93. The van der Waals surface area contributed by atoms with Gasteiger partial charge in [-0.25, -0.2) is 7.98 Å². The number of aliphatic hydroxyl groups excluding tert-OH is 1. The van der Waals surface area contributed by atoms with Crippen molar-refractivity contribution in [3.05, 3.63) is 14.0 Å². The van der Waals surface area contributed by atoms with E-state index in [2.05, 4.69) is 14.3 Å². The molecule has 1 rings (SSSR count). The van der Waals surface area contributed by atoms with Gasteiger partial charge < -0.3 is 17.2 Å². The van der Waals surface area contributed by atoms with E-state index in [-0.39, 0.29) is 21.1 Å². The Balaban J connectivity index is -0.000000176. The van der Waals surface area contributed by atoms with E-state index in [4.69, 9.17) is 11.2 Å². The molecule has 0 spiro atoms. The fraction of sp³-hybridized carbons (Fsp3) is 0.800. The van der Waals surface area contributed by atoms with E-state index >= 15 is 0 Å². The van der Waals surface area contributed by atoms with Crippen LogP contribution < -0.4 is 0 Å². The summed E-state index contributed by atoms with van der Waals surface area (Å²) in [5.74, 6) is 0. The number of methoxy groups -OCH3 is 1. The molecule has 0 unspecified atom stereocenters. The van der Waals surface area contributed by atoms with Crippen LogP contribution in [0.3, 0.4) is 0 Å². The van der Waals surface area contributed by atoms with Crippen molar-refractivity contribution in [2.24, 2.45) is 5.41 Å². The van der Waals surface area contributed by atoms with Gasteiger partial charge in [0.2, 0.25) is 0 Å². The van der Waals surface area contributed by atoms with Crippen molar-refractivity contribution in [2.45, 2.75) is 33.1 Å². The minimum absolute atomic E-state index is 0. The molecule has 1 aliphatic rings. The van der Waals surface area contributed by atoms with E-state index in [0.717, 1.165) is 13.2 Å². The minimum atomic E-state index is 0. The molecule has 0 aromatic heterocycles. The molecule has 0 heterocycles. The van der Waals surface area contributed by atoms with Crippen LogP contribution in [-0.4, -0.2) is 18.8 Å². The molecule has 1 N–H and O–H groups in total. The molecule has 0 atom stereocenters. The first-order chi connectivity index (χ1) is 6.18. The number of hydrogen-bond donors (Lipinski definition) is 1. The van der Waals surface area contributed by atoms with E-state index in [9.17, 15) is 0 Å². The van der Waals surface area contributed by atoms with Gasteiger partial charge in [-0.1, -0.05) is 13.3 Å². The van der Waals surface area contributed by atoms with Crippen molar-refractivity contribution in [1.82, 2.24) is 0 Å². The van der Waals surface area contributed by atoms with Gasteiger partial charge in [-0.3, -0.25) is 0 Å². The van der Waals surface area contributed by atoms with Crippen molar-refractivity contribution in [2.75, 3.05) is 13.7 Å². The Morgan fingerprint density at radius 1 is 1.62 bits per heavy atom. The molecule has 0 radical (unpaired) electrons. The van der Waals surface area contributed by atoms with Gasteiger partial charge in [0.05, 0.1) is 6.61 Å². The average molecular weight is 359 g/mol. The molecule has 80 valence electrons. The summed E-state index contributed by atoms with van der Waals surface area (Å²) in [5.41, 5.74) is 0.550. The molecule has 3 heteroatoms. The zero-order valence-electron chi connectivity index (χ0n) is 9.88. The molecule has 0 amide bonds.